The Morgan fingerprint density at radius 1 is 1.41 bits per heavy atom. The molecule has 0 fully saturated rings. The molecule has 0 saturated heterocycles. The first-order chi connectivity index (χ1) is 8.33. The number of nitrogens with one attached hydrogen (secondary N) is 1. The third-order valence-electron chi connectivity index (χ3n) is 3.28. The molecule has 1 unspecified atom stereocenters. The summed E-state index contributed by atoms with van der Waals surface area (Å²) in [6.07, 6.45) is 2.45. The van der Waals surface area contributed by atoms with Gasteiger partial charge in [-0.25, -0.2) is 4.98 Å². The summed E-state index contributed by atoms with van der Waals surface area (Å²) in [5.74, 6) is 1.47. The van der Waals surface area contributed by atoms with Gasteiger partial charge in [0.1, 0.15) is 5.82 Å². The van der Waals surface area contributed by atoms with Crippen LogP contribution in [0, 0.1) is 6.92 Å². The lowest BCUT2D eigenvalue weighted by Crippen LogP contribution is -2.10. The van der Waals surface area contributed by atoms with Crippen LogP contribution in [0.5, 0.6) is 0 Å². The summed E-state index contributed by atoms with van der Waals surface area (Å²) in [6.45, 7) is 2.89. The van der Waals surface area contributed by atoms with Crippen molar-refractivity contribution in [2.75, 3.05) is 11.9 Å². The lowest BCUT2D eigenvalue weighted by molar-refractivity contribution is 0.708. The quantitative estimate of drug-likeness (QED) is 0.903. The second-order valence-corrected chi connectivity index (χ2v) is 5.21. The molecule has 1 aromatic heterocycles. The molecule has 3 rings (SSSR count). The number of benzene rings is 1. The largest absolute Gasteiger partial charge is 0.360 e. The van der Waals surface area contributed by atoms with E-state index in [1.165, 1.54) is 35.5 Å². The predicted octanol–water partition coefficient (Wildman–Crippen LogP) is 2.99. The Labute approximate surface area is 105 Å². The molecular formula is C13H15N3S. The van der Waals surface area contributed by atoms with E-state index in [1.54, 1.807) is 0 Å². The van der Waals surface area contributed by atoms with Crippen LogP contribution in [0.1, 0.15) is 29.3 Å². The van der Waals surface area contributed by atoms with Gasteiger partial charge in [0.25, 0.3) is 0 Å². The molecule has 0 saturated carbocycles. The maximum Gasteiger partial charge on any atom is 0.202 e. The van der Waals surface area contributed by atoms with Gasteiger partial charge in [0.05, 0.1) is 0 Å². The first-order valence-electron chi connectivity index (χ1n) is 5.95. The molecule has 17 heavy (non-hydrogen) atoms. The van der Waals surface area contributed by atoms with Crippen LogP contribution in [0.15, 0.2) is 24.3 Å². The number of rotatable bonds is 3. The zero-order valence-electron chi connectivity index (χ0n) is 9.81. The molecule has 4 heteroatoms. The van der Waals surface area contributed by atoms with Gasteiger partial charge in [-0.05, 0) is 30.9 Å². The van der Waals surface area contributed by atoms with E-state index >= 15 is 0 Å². The molecule has 0 aliphatic heterocycles. The Bertz CT molecular complexity index is 521. The van der Waals surface area contributed by atoms with Gasteiger partial charge in [-0.2, -0.15) is 4.37 Å². The van der Waals surface area contributed by atoms with Crippen LogP contribution in [-0.2, 0) is 6.42 Å². The monoisotopic (exact) mass is 245 g/mol. The van der Waals surface area contributed by atoms with Crippen molar-refractivity contribution in [1.29, 1.82) is 0 Å². The molecule has 0 bridgehead atoms. The smallest absolute Gasteiger partial charge is 0.202 e. The molecule has 0 radical (unpaired) electrons. The maximum absolute atomic E-state index is 4.32. The molecule has 0 amide bonds. The van der Waals surface area contributed by atoms with Gasteiger partial charge in [-0.3, -0.25) is 0 Å². The average molecular weight is 245 g/mol. The third-order valence-corrected chi connectivity index (χ3v) is 4.05. The van der Waals surface area contributed by atoms with Crippen LogP contribution in [0.4, 0.5) is 5.13 Å². The lowest BCUT2D eigenvalue weighted by atomic mass is 10.0. The van der Waals surface area contributed by atoms with Crippen molar-refractivity contribution in [2.24, 2.45) is 0 Å². The second-order valence-electron chi connectivity index (χ2n) is 4.46. The summed E-state index contributed by atoms with van der Waals surface area (Å²) in [5, 5.41) is 4.33. The molecule has 0 spiro atoms. The molecule has 1 aliphatic carbocycles. The molecule has 1 aliphatic rings. The molecule has 3 nitrogen and oxygen atoms in total. The van der Waals surface area contributed by atoms with E-state index in [2.05, 4.69) is 38.9 Å². The van der Waals surface area contributed by atoms with Crippen LogP contribution in [0.2, 0.25) is 0 Å². The van der Waals surface area contributed by atoms with Crippen molar-refractivity contribution in [3.63, 3.8) is 0 Å². The fourth-order valence-electron chi connectivity index (χ4n) is 2.44. The van der Waals surface area contributed by atoms with Crippen molar-refractivity contribution in [3.8, 4) is 0 Å². The number of aryl methyl sites for hydroxylation is 2. The molecule has 2 aromatic rings. The topological polar surface area (TPSA) is 37.8 Å². The summed E-state index contributed by atoms with van der Waals surface area (Å²) in [7, 11) is 0. The van der Waals surface area contributed by atoms with E-state index in [9.17, 15) is 0 Å². The second kappa shape index (κ2) is 4.45. The fourth-order valence-corrected chi connectivity index (χ4v) is 3.02. The minimum Gasteiger partial charge on any atom is -0.360 e. The molecule has 88 valence electrons. The third kappa shape index (κ3) is 2.17. The number of fused-ring (bicyclic) bond motifs is 1. The number of hydrogen-bond acceptors (Lipinski definition) is 4. The Kier molecular flexibility index (Phi) is 2.81. The van der Waals surface area contributed by atoms with Gasteiger partial charge >= 0.3 is 0 Å². The van der Waals surface area contributed by atoms with Gasteiger partial charge in [-0.1, -0.05) is 24.3 Å². The first kappa shape index (κ1) is 10.7. The summed E-state index contributed by atoms with van der Waals surface area (Å²) in [4.78, 5) is 4.32. The highest BCUT2D eigenvalue weighted by atomic mass is 32.1. The van der Waals surface area contributed by atoms with Crippen LogP contribution >= 0.6 is 11.5 Å². The number of hydrogen-bond donors (Lipinski definition) is 1. The van der Waals surface area contributed by atoms with Crippen LogP contribution < -0.4 is 5.32 Å². The van der Waals surface area contributed by atoms with E-state index in [0.717, 1.165) is 17.5 Å². The first-order valence-corrected chi connectivity index (χ1v) is 6.72. The van der Waals surface area contributed by atoms with Gasteiger partial charge < -0.3 is 5.32 Å². The fraction of sp³-hybridized carbons (Fsp3) is 0.385. The SMILES string of the molecule is Cc1nsc(NCC2CCc3ccccc32)n1. The van der Waals surface area contributed by atoms with E-state index in [-0.39, 0.29) is 0 Å². The minimum atomic E-state index is 0.621. The lowest BCUT2D eigenvalue weighted by Gasteiger charge is -2.11. The highest BCUT2D eigenvalue weighted by Crippen LogP contribution is 2.32. The zero-order valence-corrected chi connectivity index (χ0v) is 10.6. The summed E-state index contributed by atoms with van der Waals surface area (Å²) < 4.78 is 4.17. The normalized spacial score (nSPS) is 18.1. The Balaban J connectivity index is 1.68. The Hall–Kier alpha value is -1.42. The van der Waals surface area contributed by atoms with Crippen LogP contribution in [0.3, 0.4) is 0 Å². The van der Waals surface area contributed by atoms with Crippen LogP contribution in [-0.4, -0.2) is 15.9 Å². The molecular weight excluding hydrogens is 230 g/mol. The molecule has 1 aromatic carbocycles. The highest BCUT2D eigenvalue weighted by Gasteiger charge is 2.21. The van der Waals surface area contributed by atoms with Crippen molar-refractivity contribution < 1.29 is 0 Å². The van der Waals surface area contributed by atoms with Gasteiger partial charge in [-0.15, -0.1) is 0 Å². The summed E-state index contributed by atoms with van der Waals surface area (Å²) in [5.41, 5.74) is 3.01. The molecule has 1 heterocycles. The highest BCUT2D eigenvalue weighted by molar-refractivity contribution is 7.09. The molecule has 1 atom stereocenters. The number of anilines is 1. The number of nitrogens with zero attached hydrogens (tertiary/aromatic N) is 2. The zero-order chi connectivity index (χ0) is 11.7. The van der Waals surface area contributed by atoms with Gasteiger partial charge in [0.2, 0.25) is 5.13 Å². The summed E-state index contributed by atoms with van der Waals surface area (Å²) in [6, 6.07) is 8.75. The van der Waals surface area contributed by atoms with Gasteiger partial charge in [0, 0.05) is 24.0 Å². The van der Waals surface area contributed by atoms with Gasteiger partial charge in [0.15, 0.2) is 0 Å². The van der Waals surface area contributed by atoms with E-state index in [0.29, 0.717) is 5.92 Å². The number of aromatic nitrogens is 2. The van der Waals surface area contributed by atoms with E-state index in [4.69, 9.17) is 0 Å². The molecule has 1 N–H and O–H groups in total. The maximum atomic E-state index is 4.32. The van der Waals surface area contributed by atoms with Crippen LogP contribution in [0.25, 0.3) is 0 Å². The van der Waals surface area contributed by atoms with Crippen molar-refractivity contribution in [3.05, 3.63) is 41.2 Å². The van der Waals surface area contributed by atoms with E-state index in [1.807, 2.05) is 6.92 Å². The summed E-state index contributed by atoms with van der Waals surface area (Å²) >= 11 is 1.44. The standard InChI is InChI=1S/C13H15N3S/c1-9-15-13(17-16-9)14-8-11-7-6-10-4-2-3-5-12(10)11/h2-5,11H,6-8H2,1H3,(H,14,15,16). The van der Waals surface area contributed by atoms with Crippen molar-refractivity contribution >= 4 is 16.7 Å². The predicted molar refractivity (Wildman–Crippen MR) is 70.6 cm³/mol. The minimum absolute atomic E-state index is 0.621. The van der Waals surface area contributed by atoms with Crippen molar-refractivity contribution in [1.82, 2.24) is 9.36 Å². The van der Waals surface area contributed by atoms with E-state index < -0.39 is 0 Å². The Morgan fingerprint density at radius 2 is 2.29 bits per heavy atom. The average Bonchev–Trinajstić information content (AvgIpc) is 2.93. The Morgan fingerprint density at radius 3 is 3.12 bits per heavy atom. The van der Waals surface area contributed by atoms with Crippen molar-refractivity contribution in [2.45, 2.75) is 25.7 Å².